The van der Waals surface area contributed by atoms with Crippen molar-refractivity contribution in [3.63, 3.8) is 0 Å². The normalized spacial score (nSPS) is 19.1. The number of rotatable bonds is 8. The van der Waals surface area contributed by atoms with Gasteiger partial charge in [0.15, 0.2) is 0 Å². The summed E-state index contributed by atoms with van der Waals surface area (Å²) in [5.41, 5.74) is 0. The molecule has 0 unspecified atom stereocenters. The van der Waals surface area contributed by atoms with E-state index >= 15 is 0 Å². The standard InChI is InChI=1S/C15H32N2/c1-4-15-8-12-17(13-9-15)11-7-5-6-10-16-14(2)3/h14-16H,4-13H2,1-3H3. The molecule has 0 aliphatic carbocycles. The lowest BCUT2D eigenvalue weighted by molar-refractivity contribution is 0.179. The second-order valence-electron chi connectivity index (χ2n) is 5.86. The van der Waals surface area contributed by atoms with E-state index in [1.165, 1.54) is 64.7 Å². The maximum atomic E-state index is 3.48. The Balaban J connectivity index is 1.90. The molecule has 17 heavy (non-hydrogen) atoms. The van der Waals surface area contributed by atoms with Crippen LogP contribution in [0.15, 0.2) is 0 Å². The Morgan fingerprint density at radius 1 is 1.12 bits per heavy atom. The fourth-order valence-electron chi connectivity index (χ4n) is 2.65. The fraction of sp³-hybridized carbons (Fsp3) is 1.00. The van der Waals surface area contributed by atoms with Gasteiger partial charge in [0.25, 0.3) is 0 Å². The van der Waals surface area contributed by atoms with Gasteiger partial charge in [-0.1, -0.05) is 33.6 Å². The van der Waals surface area contributed by atoms with Crippen molar-refractivity contribution in [2.24, 2.45) is 5.92 Å². The van der Waals surface area contributed by atoms with E-state index < -0.39 is 0 Å². The predicted molar refractivity (Wildman–Crippen MR) is 76.4 cm³/mol. The quantitative estimate of drug-likeness (QED) is 0.655. The zero-order valence-electron chi connectivity index (χ0n) is 12.2. The summed E-state index contributed by atoms with van der Waals surface area (Å²) >= 11 is 0. The third-order valence-corrected chi connectivity index (χ3v) is 3.99. The summed E-state index contributed by atoms with van der Waals surface area (Å²) in [5, 5.41) is 3.48. The fourth-order valence-corrected chi connectivity index (χ4v) is 2.65. The van der Waals surface area contributed by atoms with E-state index in [2.05, 4.69) is 31.0 Å². The Labute approximate surface area is 108 Å². The second kappa shape index (κ2) is 8.93. The molecule has 0 aromatic carbocycles. The van der Waals surface area contributed by atoms with Crippen molar-refractivity contribution in [2.75, 3.05) is 26.2 Å². The third-order valence-electron chi connectivity index (χ3n) is 3.99. The van der Waals surface area contributed by atoms with E-state index in [0.29, 0.717) is 6.04 Å². The van der Waals surface area contributed by atoms with Crippen LogP contribution in [0.2, 0.25) is 0 Å². The lowest BCUT2D eigenvalue weighted by Gasteiger charge is -2.31. The average molecular weight is 240 g/mol. The summed E-state index contributed by atoms with van der Waals surface area (Å²) in [6.07, 6.45) is 8.36. The van der Waals surface area contributed by atoms with Gasteiger partial charge in [-0.15, -0.1) is 0 Å². The maximum Gasteiger partial charge on any atom is 0.00103 e. The molecule has 1 saturated heterocycles. The van der Waals surface area contributed by atoms with Crippen molar-refractivity contribution in [2.45, 2.75) is 65.3 Å². The summed E-state index contributed by atoms with van der Waals surface area (Å²) in [6.45, 7) is 12.0. The van der Waals surface area contributed by atoms with Gasteiger partial charge in [-0.25, -0.2) is 0 Å². The van der Waals surface area contributed by atoms with Gasteiger partial charge in [-0.05, 0) is 57.8 Å². The van der Waals surface area contributed by atoms with Gasteiger partial charge in [0.1, 0.15) is 0 Å². The molecule has 0 spiro atoms. The minimum Gasteiger partial charge on any atom is -0.315 e. The molecule has 1 aliphatic rings. The molecule has 1 rings (SSSR count). The van der Waals surface area contributed by atoms with Crippen molar-refractivity contribution in [1.29, 1.82) is 0 Å². The average Bonchev–Trinajstić information content (AvgIpc) is 2.34. The Hall–Kier alpha value is -0.0800. The lowest BCUT2D eigenvalue weighted by Crippen LogP contribution is -2.34. The van der Waals surface area contributed by atoms with E-state index in [9.17, 15) is 0 Å². The summed E-state index contributed by atoms with van der Waals surface area (Å²) in [5.74, 6) is 1.02. The number of unbranched alkanes of at least 4 members (excludes halogenated alkanes) is 2. The summed E-state index contributed by atoms with van der Waals surface area (Å²) in [4.78, 5) is 2.67. The number of hydrogen-bond acceptors (Lipinski definition) is 2. The van der Waals surface area contributed by atoms with Crippen molar-refractivity contribution >= 4 is 0 Å². The first-order valence-corrected chi connectivity index (χ1v) is 7.68. The number of nitrogens with one attached hydrogen (secondary N) is 1. The highest BCUT2D eigenvalue weighted by Gasteiger charge is 2.16. The van der Waals surface area contributed by atoms with Crippen LogP contribution in [0.3, 0.4) is 0 Å². The van der Waals surface area contributed by atoms with Crippen LogP contribution in [0.1, 0.15) is 59.3 Å². The van der Waals surface area contributed by atoms with Gasteiger partial charge in [-0.3, -0.25) is 0 Å². The van der Waals surface area contributed by atoms with E-state index in [-0.39, 0.29) is 0 Å². The zero-order valence-corrected chi connectivity index (χ0v) is 12.2. The van der Waals surface area contributed by atoms with E-state index in [4.69, 9.17) is 0 Å². The van der Waals surface area contributed by atoms with Crippen LogP contribution in [-0.2, 0) is 0 Å². The Bertz CT molecular complexity index is 172. The van der Waals surface area contributed by atoms with Gasteiger partial charge in [0, 0.05) is 6.04 Å². The monoisotopic (exact) mass is 240 g/mol. The molecule has 0 aromatic heterocycles. The van der Waals surface area contributed by atoms with Crippen LogP contribution in [-0.4, -0.2) is 37.1 Å². The highest BCUT2D eigenvalue weighted by molar-refractivity contribution is 4.71. The van der Waals surface area contributed by atoms with Crippen LogP contribution in [0.5, 0.6) is 0 Å². The summed E-state index contributed by atoms with van der Waals surface area (Å²) in [6, 6.07) is 0.642. The van der Waals surface area contributed by atoms with Gasteiger partial charge < -0.3 is 10.2 Å². The minimum absolute atomic E-state index is 0.642. The van der Waals surface area contributed by atoms with E-state index in [1.54, 1.807) is 0 Å². The molecule has 1 N–H and O–H groups in total. The molecule has 0 saturated carbocycles. The lowest BCUT2D eigenvalue weighted by atomic mass is 9.94. The van der Waals surface area contributed by atoms with Gasteiger partial charge in [0.05, 0.1) is 0 Å². The van der Waals surface area contributed by atoms with Crippen LogP contribution >= 0.6 is 0 Å². The molecule has 1 heterocycles. The Morgan fingerprint density at radius 2 is 1.82 bits per heavy atom. The second-order valence-corrected chi connectivity index (χ2v) is 5.86. The largest absolute Gasteiger partial charge is 0.315 e. The molecule has 0 amide bonds. The number of nitrogens with zero attached hydrogens (tertiary/aromatic N) is 1. The van der Waals surface area contributed by atoms with Crippen molar-refractivity contribution < 1.29 is 0 Å². The number of hydrogen-bond donors (Lipinski definition) is 1. The molecule has 2 heteroatoms. The highest BCUT2D eigenvalue weighted by Crippen LogP contribution is 2.19. The van der Waals surface area contributed by atoms with Crippen molar-refractivity contribution in [3.05, 3.63) is 0 Å². The Morgan fingerprint density at radius 3 is 2.41 bits per heavy atom. The molecule has 1 fully saturated rings. The Kier molecular flexibility index (Phi) is 7.87. The van der Waals surface area contributed by atoms with Crippen LogP contribution in [0.4, 0.5) is 0 Å². The maximum absolute atomic E-state index is 3.48. The van der Waals surface area contributed by atoms with Crippen LogP contribution < -0.4 is 5.32 Å². The molecule has 0 radical (unpaired) electrons. The first-order chi connectivity index (χ1) is 8.22. The van der Waals surface area contributed by atoms with Gasteiger partial charge in [-0.2, -0.15) is 0 Å². The molecule has 0 atom stereocenters. The molecule has 1 aliphatic heterocycles. The SMILES string of the molecule is CCC1CCN(CCCCCNC(C)C)CC1. The van der Waals surface area contributed by atoms with Crippen molar-refractivity contribution in [1.82, 2.24) is 10.2 Å². The number of piperidine rings is 1. The molecular weight excluding hydrogens is 208 g/mol. The zero-order chi connectivity index (χ0) is 12.5. The molecular formula is C15H32N2. The van der Waals surface area contributed by atoms with Crippen LogP contribution in [0.25, 0.3) is 0 Å². The number of likely N-dealkylation sites (tertiary alicyclic amines) is 1. The third kappa shape index (κ3) is 7.05. The molecule has 0 aromatic rings. The molecule has 2 nitrogen and oxygen atoms in total. The summed E-state index contributed by atoms with van der Waals surface area (Å²) in [7, 11) is 0. The summed E-state index contributed by atoms with van der Waals surface area (Å²) < 4.78 is 0. The highest BCUT2D eigenvalue weighted by atomic mass is 15.1. The predicted octanol–water partition coefficient (Wildman–Crippen LogP) is 3.28. The smallest absolute Gasteiger partial charge is 0.00103 e. The first-order valence-electron chi connectivity index (χ1n) is 7.68. The van der Waals surface area contributed by atoms with Gasteiger partial charge in [0.2, 0.25) is 0 Å². The minimum atomic E-state index is 0.642. The van der Waals surface area contributed by atoms with Crippen molar-refractivity contribution in [3.8, 4) is 0 Å². The van der Waals surface area contributed by atoms with Crippen LogP contribution in [0, 0.1) is 5.92 Å². The van der Waals surface area contributed by atoms with Gasteiger partial charge >= 0.3 is 0 Å². The van der Waals surface area contributed by atoms with E-state index in [0.717, 1.165) is 5.92 Å². The first kappa shape index (κ1) is 15.0. The van der Waals surface area contributed by atoms with E-state index in [1.807, 2.05) is 0 Å². The molecule has 0 bridgehead atoms. The molecule has 102 valence electrons. The topological polar surface area (TPSA) is 15.3 Å².